The number of hydrogen-bond donors (Lipinski definition) is 1. The second-order valence-corrected chi connectivity index (χ2v) is 3.27. The third-order valence-corrected chi connectivity index (χ3v) is 2.15. The number of aromatic amines is 1. The molecule has 5 nitrogen and oxygen atoms in total. The van der Waals surface area contributed by atoms with E-state index < -0.39 is 0 Å². The second kappa shape index (κ2) is 4.14. The first-order valence-electron chi connectivity index (χ1n) is 4.85. The van der Waals surface area contributed by atoms with Crippen LogP contribution in [0.2, 0.25) is 0 Å². The number of fused-ring (bicyclic) bond motifs is 1. The highest BCUT2D eigenvalue weighted by Crippen LogP contribution is 2.09. The van der Waals surface area contributed by atoms with Gasteiger partial charge < -0.3 is 4.74 Å². The van der Waals surface area contributed by atoms with Crippen molar-refractivity contribution in [1.29, 1.82) is 0 Å². The van der Waals surface area contributed by atoms with Gasteiger partial charge in [0.25, 0.3) is 5.56 Å². The Balaban J connectivity index is 2.54. The van der Waals surface area contributed by atoms with E-state index in [0.717, 1.165) is 0 Å². The molecule has 0 aliphatic carbocycles. The summed E-state index contributed by atoms with van der Waals surface area (Å²) in [5.74, 6) is 0.673. The van der Waals surface area contributed by atoms with Gasteiger partial charge in [-0.3, -0.25) is 14.8 Å². The topological polar surface area (TPSA) is 67.9 Å². The summed E-state index contributed by atoms with van der Waals surface area (Å²) in [7, 11) is 0. The van der Waals surface area contributed by atoms with Crippen LogP contribution in [0.1, 0.15) is 13.8 Å². The van der Waals surface area contributed by atoms with Gasteiger partial charge in [0, 0.05) is 6.20 Å². The Morgan fingerprint density at radius 1 is 1.56 bits per heavy atom. The minimum absolute atomic E-state index is 0.182. The summed E-state index contributed by atoms with van der Waals surface area (Å²) >= 11 is 0. The third-order valence-electron chi connectivity index (χ3n) is 2.15. The molecular weight excluding hydrogens is 206 g/mol. The molecule has 2 heterocycles. The molecule has 5 heteroatoms. The van der Waals surface area contributed by atoms with Crippen molar-refractivity contribution in [3.63, 3.8) is 0 Å². The maximum absolute atomic E-state index is 11.6. The standard InChI is InChI=1S/C11H11N3O2/c1-3-7(2)16-11-13-9-6-12-5-4-8(9)10(15)14-11/h3-6H,1-2H3,(H,13,14,15)/b7-3+. The molecule has 0 atom stereocenters. The molecule has 2 aromatic rings. The smallest absolute Gasteiger partial charge is 0.302 e. The minimum atomic E-state index is -0.230. The van der Waals surface area contributed by atoms with Crippen LogP contribution in [0.3, 0.4) is 0 Å². The molecule has 0 aromatic carbocycles. The highest BCUT2D eigenvalue weighted by molar-refractivity contribution is 5.76. The fraction of sp³-hybridized carbons (Fsp3) is 0.182. The number of pyridine rings is 1. The Morgan fingerprint density at radius 3 is 3.12 bits per heavy atom. The molecule has 16 heavy (non-hydrogen) atoms. The van der Waals surface area contributed by atoms with Crippen molar-refractivity contribution in [2.45, 2.75) is 13.8 Å². The lowest BCUT2D eigenvalue weighted by molar-refractivity contribution is 0.393. The van der Waals surface area contributed by atoms with Crippen molar-refractivity contribution < 1.29 is 4.74 Å². The molecule has 0 amide bonds. The Hall–Kier alpha value is -2.17. The summed E-state index contributed by atoms with van der Waals surface area (Å²) in [6.07, 6.45) is 4.87. The Kier molecular flexibility index (Phi) is 2.68. The van der Waals surface area contributed by atoms with Crippen LogP contribution in [0.25, 0.3) is 10.9 Å². The molecular formula is C11H11N3O2. The van der Waals surface area contributed by atoms with Gasteiger partial charge in [-0.1, -0.05) is 0 Å². The molecule has 2 rings (SSSR count). The van der Waals surface area contributed by atoms with Gasteiger partial charge in [-0.05, 0) is 26.0 Å². The fourth-order valence-electron chi connectivity index (χ4n) is 1.23. The van der Waals surface area contributed by atoms with Gasteiger partial charge in [-0.2, -0.15) is 4.98 Å². The van der Waals surface area contributed by atoms with Gasteiger partial charge in [0.1, 0.15) is 5.76 Å². The zero-order valence-electron chi connectivity index (χ0n) is 9.02. The second-order valence-electron chi connectivity index (χ2n) is 3.27. The summed E-state index contributed by atoms with van der Waals surface area (Å²) in [4.78, 5) is 22.3. The molecule has 0 saturated heterocycles. The Labute approximate surface area is 91.8 Å². The quantitative estimate of drug-likeness (QED) is 0.776. The van der Waals surface area contributed by atoms with E-state index in [-0.39, 0.29) is 11.6 Å². The van der Waals surface area contributed by atoms with Gasteiger partial charge in [0.2, 0.25) is 0 Å². The van der Waals surface area contributed by atoms with E-state index in [0.29, 0.717) is 16.7 Å². The van der Waals surface area contributed by atoms with Crippen LogP contribution >= 0.6 is 0 Å². The molecule has 1 N–H and O–H groups in total. The van der Waals surface area contributed by atoms with Crippen molar-refractivity contribution in [3.05, 3.63) is 40.6 Å². The molecule has 82 valence electrons. The number of rotatable bonds is 2. The van der Waals surface area contributed by atoms with E-state index in [1.54, 1.807) is 25.3 Å². The average Bonchev–Trinajstić information content (AvgIpc) is 2.29. The summed E-state index contributed by atoms with van der Waals surface area (Å²) in [5, 5.41) is 0.500. The monoisotopic (exact) mass is 217 g/mol. The number of nitrogens with one attached hydrogen (secondary N) is 1. The normalized spacial score (nSPS) is 11.8. The number of nitrogens with zero attached hydrogens (tertiary/aromatic N) is 2. The maximum atomic E-state index is 11.6. The van der Waals surface area contributed by atoms with E-state index in [1.807, 2.05) is 6.92 Å². The molecule has 0 aliphatic rings. The van der Waals surface area contributed by atoms with Gasteiger partial charge in [-0.25, -0.2) is 0 Å². The lowest BCUT2D eigenvalue weighted by Crippen LogP contribution is -2.10. The summed E-state index contributed by atoms with van der Waals surface area (Å²) in [6.45, 7) is 3.63. The number of H-pyrrole nitrogens is 1. The van der Waals surface area contributed by atoms with Crippen LogP contribution < -0.4 is 10.3 Å². The van der Waals surface area contributed by atoms with Crippen LogP contribution in [0.15, 0.2) is 35.1 Å². The predicted octanol–water partition coefficient (Wildman–Crippen LogP) is 1.62. The zero-order chi connectivity index (χ0) is 11.5. The number of allylic oxidation sites excluding steroid dienone is 2. The van der Waals surface area contributed by atoms with Crippen molar-refractivity contribution in [2.75, 3.05) is 0 Å². The first-order chi connectivity index (χ1) is 7.70. The SMILES string of the molecule is C/C=C(\C)Oc1nc2cnccc2c(=O)[nH]1. The zero-order valence-corrected chi connectivity index (χ0v) is 9.02. The van der Waals surface area contributed by atoms with Gasteiger partial charge >= 0.3 is 6.01 Å². The summed E-state index contributed by atoms with van der Waals surface area (Å²) in [6, 6.07) is 1.80. The van der Waals surface area contributed by atoms with Crippen molar-refractivity contribution in [1.82, 2.24) is 15.0 Å². The maximum Gasteiger partial charge on any atom is 0.302 e. The van der Waals surface area contributed by atoms with Gasteiger partial charge in [0.15, 0.2) is 0 Å². The van der Waals surface area contributed by atoms with E-state index in [1.165, 1.54) is 6.20 Å². The van der Waals surface area contributed by atoms with Crippen LogP contribution in [-0.4, -0.2) is 15.0 Å². The number of aromatic nitrogens is 3. The third kappa shape index (κ3) is 1.93. The van der Waals surface area contributed by atoms with Crippen molar-refractivity contribution >= 4 is 10.9 Å². The van der Waals surface area contributed by atoms with Gasteiger partial charge in [0.05, 0.1) is 17.1 Å². The van der Waals surface area contributed by atoms with Crippen LogP contribution in [-0.2, 0) is 0 Å². The lowest BCUT2D eigenvalue weighted by Gasteiger charge is -2.04. The van der Waals surface area contributed by atoms with Crippen LogP contribution in [0.5, 0.6) is 6.01 Å². The largest absolute Gasteiger partial charge is 0.431 e. The lowest BCUT2D eigenvalue weighted by atomic mass is 10.3. The van der Waals surface area contributed by atoms with Crippen LogP contribution in [0.4, 0.5) is 0 Å². The highest BCUT2D eigenvalue weighted by atomic mass is 16.5. The molecule has 0 saturated carbocycles. The number of hydrogen-bond acceptors (Lipinski definition) is 4. The molecule has 2 aromatic heterocycles. The van der Waals surface area contributed by atoms with Gasteiger partial charge in [-0.15, -0.1) is 0 Å². The molecule has 0 spiro atoms. The molecule has 0 unspecified atom stereocenters. The Morgan fingerprint density at radius 2 is 2.38 bits per heavy atom. The number of ether oxygens (including phenoxy) is 1. The molecule has 0 bridgehead atoms. The van der Waals surface area contributed by atoms with Crippen molar-refractivity contribution in [3.8, 4) is 6.01 Å². The minimum Gasteiger partial charge on any atom is -0.431 e. The van der Waals surface area contributed by atoms with Crippen molar-refractivity contribution in [2.24, 2.45) is 0 Å². The molecule has 0 aliphatic heterocycles. The summed E-state index contributed by atoms with van der Waals surface area (Å²) in [5.41, 5.74) is 0.288. The first-order valence-corrected chi connectivity index (χ1v) is 4.85. The van der Waals surface area contributed by atoms with E-state index >= 15 is 0 Å². The van der Waals surface area contributed by atoms with E-state index in [2.05, 4.69) is 15.0 Å². The Bertz CT molecular complexity index is 601. The molecule has 0 fully saturated rings. The summed E-state index contributed by atoms with van der Waals surface area (Å²) < 4.78 is 5.32. The average molecular weight is 217 g/mol. The molecule has 0 radical (unpaired) electrons. The predicted molar refractivity (Wildman–Crippen MR) is 60.2 cm³/mol. The highest BCUT2D eigenvalue weighted by Gasteiger charge is 2.04. The van der Waals surface area contributed by atoms with Crippen LogP contribution in [0, 0.1) is 0 Å². The fourth-order valence-corrected chi connectivity index (χ4v) is 1.23. The van der Waals surface area contributed by atoms with E-state index in [9.17, 15) is 4.79 Å². The van der Waals surface area contributed by atoms with E-state index in [4.69, 9.17) is 4.74 Å². The first kappa shape index (κ1) is 10.4.